The van der Waals surface area contributed by atoms with Gasteiger partial charge in [0.1, 0.15) is 18.4 Å². The van der Waals surface area contributed by atoms with Crippen LogP contribution in [0.15, 0.2) is 49.3 Å². The van der Waals surface area contributed by atoms with Crippen molar-refractivity contribution in [1.29, 1.82) is 0 Å². The molecule has 2 aliphatic rings. The van der Waals surface area contributed by atoms with Crippen LogP contribution >= 0.6 is 0 Å². The van der Waals surface area contributed by atoms with Crippen LogP contribution in [-0.2, 0) is 0 Å². The molecule has 1 aromatic carbocycles. The fraction of sp³-hybridized carbons (Fsp3) is 0.370. The molecule has 216 valence electrons. The smallest absolute Gasteiger partial charge is 0.387 e. The van der Waals surface area contributed by atoms with Crippen molar-refractivity contribution < 1.29 is 33.6 Å². The first-order valence-corrected chi connectivity index (χ1v) is 12.9. The fourth-order valence-electron chi connectivity index (χ4n) is 5.36. The van der Waals surface area contributed by atoms with Gasteiger partial charge in [-0.05, 0) is 31.0 Å². The van der Waals surface area contributed by atoms with E-state index in [9.17, 15) is 13.6 Å². The zero-order valence-electron chi connectivity index (χ0n) is 22.2. The van der Waals surface area contributed by atoms with Crippen LogP contribution in [0.3, 0.4) is 0 Å². The van der Waals surface area contributed by atoms with Crippen molar-refractivity contribution in [1.82, 2.24) is 29.5 Å². The van der Waals surface area contributed by atoms with E-state index in [1.54, 1.807) is 54.2 Å². The van der Waals surface area contributed by atoms with Crippen LogP contribution in [-0.4, -0.2) is 76.4 Å². The topological polar surface area (TPSA) is 172 Å². The summed E-state index contributed by atoms with van der Waals surface area (Å²) in [4.78, 5) is 27.3. The van der Waals surface area contributed by atoms with Crippen LogP contribution in [0.2, 0.25) is 0 Å². The normalized spacial score (nSPS) is 18.5. The van der Waals surface area contributed by atoms with E-state index < -0.39 is 12.6 Å². The summed E-state index contributed by atoms with van der Waals surface area (Å²) in [6, 6.07) is 5.96. The Labute approximate surface area is 233 Å². The number of halogens is 2. The zero-order valence-corrected chi connectivity index (χ0v) is 22.2. The maximum Gasteiger partial charge on any atom is 0.387 e. The molecule has 5 N–H and O–H groups in total. The highest BCUT2D eigenvalue weighted by Crippen LogP contribution is 2.53. The molecule has 6 rings (SSSR count). The molecular formula is C27H29F2N7O5. The van der Waals surface area contributed by atoms with Crippen LogP contribution < -0.4 is 10.5 Å². The Morgan fingerprint density at radius 3 is 2.56 bits per heavy atom. The van der Waals surface area contributed by atoms with Gasteiger partial charge >= 0.3 is 6.61 Å². The molecular weight excluding hydrogens is 540 g/mol. The number of rotatable bonds is 6. The molecule has 1 aliphatic carbocycles. The highest BCUT2D eigenvalue weighted by molar-refractivity contribution is 5.98. The van der Waals surface area contributed by atoms with Crippen molar-refractivity contribution in [2.45, 2.75) is 56.8 Å². The van der Waals surface area contributed by atoms with Gasteiger partial charge in [-0.25, -0.2) is 19.5 Å². The number of aromatic nitrogens is 5. The van der Waals surface area contributed by atoms with Crippen molar-refractivity contribution in [2.75, 3.05) is 7.05 Å². The Bertz CT molecular complexity index is 1560. The summed E-state index contributed by atoms with van der Waals surface area (Å²) in [5, 5.41) is 29.8. The van der Waals surface area contributed by atoms with Crippen molar-refractivity contribution in [3.05, 3.63) is 71.7 Å². The lowest BCUT2D eigenvalue weighted by atomic mass is 9.88. The van der Waals surface area contributed by atoms with E-state index in [0.29, 0.717) is 29.7 Å². The first-order valence-electron chi connectivity index (χ1n) is 12.9. The summed E-state index contributed by atoms with van der Waals surface area (Å²) >= 11 is 0. The van der Waals surface area contributed by atoms with Gasteiger partial charge in [-0.2, -0.15) is 13.9 Å². The molecule has 3 unspecified atom stereocenters. The number of alkyl halides is 2. The number of carbonyl (C=O) groups excluding carboxylic acids is 1. The molecule has 4 aromatic rings. The summed E-state index contributed by atoms with van der Waals surface area (Å²) in [5.41, 5.74) is 9.96. The molecule has 0 saturated heterocycles. The number of hydrogen-bond acceptors (Lipinski definition) is 10. The SMILES string of the molecule is CCC(N)CC(O)(O)O.CN1C(=O)c2cccc(OC(F)F)c2C2CC1c1nn3cnc(-c4cncnc4)cc3c12. The van der Waals surface area contributed by atoms with Crippen LogP contribution in [0.5, 0.6) is 5.75 Å². The largest absolute Gasteiger partial charge is 0.434 e. The van der Waals surface area contributed by atoms with E-state index >= 15 is 0 Å². The maximum atomic E-state index is 13.2. The van der Waals surface area contributed by atoms with Crippen molar-refractivity contribution in [2.24, 2.45) is 5.73 Å². The number of hydrogen-bond donors (Lipinski definition) is 4. The van der Waals surface area contributed by atoms with Gasteiger partial charge in [-0.15, -0.1) is 0 Å². The van der Waals surface area contributed by atoms with Crippen molar-refractivity contribution >= 4 is 11.4 Å². The monoisotopic (exact) mass is 569 g/mol. The molecule has 0 saturated carbocycles. The first kappa shape index (κ1) is 28.4. The van der Waals surface area contributed by atoms with E-state index in [-0.39, 0.29) is 36.1 Å². The summed E-state index contributed by atoms with van der Waals surface area (Å²) in [7, 11) is 1.71. The van der Waals surface area contributed by atoms with E-state index in [1.165, 1.54) is 12.4 Å². The molecule has 4 heterocycles. The molecule has 1 aliphatic heterocycles. The summed E-state index contributed by atoms with van der Waals surface area (Å²) in [6.45, 7) is -1.19. The maximum absolute atomic E-state index is 13.2. The van der Waals surface area contributed by atoms with Gasteiger partial charge in [0.05, 0.1) is 22.9 Å². The molecule has 1 amide bonds. The number of ether oxygens (including phenoxy) is 1. The third-order valence-corrected chi connectivity index (χ3v) is 7.28. The third kappa shape index (κ3) is 5.59. The Balaban J connectivity index is 0.000000327. The molecule has 3 atom stereocenters. The minimum absolute atomic E-state index is 0.0165. The molecule has 0 fully saturated rings. The van der Waals surface area contributed by atoms with Gasteiger partial charge in [0.25, 0.3) is 11.9 Å². The minimum Gasteiger partial charge on any atom is -0.434 e. The second-order valence-electron chi connectivity index (χ2n) is 9.99. The predicted octanol–water partition coefficient (Wildman–Crippen LogP) is 2.19. The van der Waals surface area contributed by atoms with Crippen LogP contribution in [0, 0.1) is 0 Å². The Morgan fingerprint density at radius 2 is 1.93 bits per heavy atom. The number of fused-ring (bicyclic) bond motifs is 9. The lowest BCUT2D eigenvalue weighted by Gasteiger charge is -2.23. The summed E-state index contributed by atoms with van der Waals surface area (Å²) < 4.78 is 32.9. The Hall–Kier alpha value is -4.11. The summed E-state index contributed by atoms with van der Waals surface area (Å²) in [6.07, 6.45) is 7.34. The lowest BCUT2D eigenvalue weighted by molar-refractivity contribution is -0.316. The molecule has 14 heteroatoms. The number of amides is 1. The molecule has 12 nitrogen and oxygen atoms in total. The molecule has 2 bridgehead atoms. The molecule has 0 spiro atoms. The standard InChI is InChI=1S/C22H16F2N6O2.C5H13NO3/c1-29-16-5-13(18-12(21(29)31)3-2-4-17(18)32-22(23)24)19-15-6-14(11-7-25-9-26-8-11)27-10-30(15)28-20(16)19;1-2-4(6)3-5(7,8)9/h2-4,6-10,13,16,22H,5H2,1H3;4,7-9H,2-3,6H2,1H3. The Morgan fingerprint density at radius 1 is 1.20 bits per heavy atom. The second kappa shape index (κ2) is 11.0. The predicted molar refractivity (Wildman–Crippen MR) is 141 cm³/mol. The van der Waals surface area contributed by atoms with Gasteiger partial charge in [0, 0.05) is 60.1 Å². The van der Waals surface area contributed by atoms with Crippen LogP contribution in [0.25, 0.3) is 16.8 Å². The number of aliphatic hydroxyl groups is 3. The summed E-state index contributed by atoms with van der Waals surface area (Å²) in [5.74, 6) is -3.15. The number of nitrogens with two attached hydrogens (primary N) is 1. The minimum atomic E-state index is -2.99. The average molecular weight is 570 g/mol. The molecule has 0 radical (unpaired) electrons. The van der Waals surface area contributed by atoms with Gasteiger partial charge < -0.3 is 30.7 Å². The van der Waals surface area contributed by atoms with Gasteiger partial charge in [-0.3, -0.25) is 4.79 Å². The quantitative estimate of drug-likeness (QED) is 0.252. The Kier molecular flexibility index (Phi) is 7.66. The van der Waals surface area contributed by atoms with Crippen molar-refractivity contribution in [3.8, 4) is 17.0 Å². The average Bonchev–Trinajstić information content (AvgIpc) is 3.45. The van der Waals surface area contributed by atoms with E-state index in [0.717, 1.165) is 22.3 Å². The van der Waals surface area contributed by atoms with Crippen molar-refractivity contribution in [3.63, 3.8) is 0 Å². The van der Waals surface area contributed by atoms with Crippen LogP contribution in [0.1, 0.15) is 65.3 Å². The third-order valence-electron chi connectivity index (χ3n) is 7.28. The van der Waals surface area contributed by atoms with Gasteiger partial charge in [-0.1, -0.05) is 13.0 Å². The number of carbonyl (C=O) groups is 1. The molecule has 41 heavy (non-hydrogen) atoms. The van der Waals surface area contributed by atoms with Gasteiger partial charge in [0.15, 0.2) is 0 Å². The fourth-order valence-corrected chi connectivity index (χ4v) is 5.36. The molecule has 3 aromatic heterocycles. The van der Waals surface area contributed by atoms with Crippen LogP contribution in [0.4, 0.5) is 8.78 Å². The van der Waals surface area contributed by atoms with E-state index in [1.807, 2.05) is 6.07 Å². The number of nitrogens with zero attached hydrogens (tertiary/aromatic N) is 6. The zero-order chi connectivity index (χ0) is 29.5. The van der Waals surface area contributed by atoms with E-state index in [4.69, 9.17) is 30.9 Å². The first-order chi connectivity index (χ1) is 19.5. The highest BCUT2D eigenvalue weighted by Gasteiger charge is 2.46. The lowest BCUT2D eigenvalue weighted by Crippen LogP contribution is -2.36. The van der Waals surface area contributed by atoms with Gasteiger partial charge in [0.2, 0.25) is 0 Å². The second-order valence-corrected chi connectivity index (χ2v) is 9.99. The number of benzene rings is 1. The van der Waals surface area contributed by atoms with E-state index in [2.05, 4.69) is 15.0 Å². The highest BCUT2D eigenvalue weighted by atomic mass is 19.3.